The zero-order valence-electron chi connectivity index (χ0n) is 13.2. The van der Waals surface area contributed by atoms with E-state index in [1.807, 2.05) is 29.2 Å². The number of benzene rings is 1. The van der Waals surface area contributed by atoms with E-state index in [9.17, 15) is 9.59 Å². The number of hydrogen-bond acceptors (Lipinski definition) is 3. The molecular formula is C18H23NO4. The third-order valence-electron chi connectivity index (χ3n) is 5.00. The molecule has 124 valence electrons. The summed E-state index contributed by atoms with van der Waals surface area (Å²) in [4.78, 5) is 25.3. The average molecular weight is 317 g/mol. The van der Waals surface area contributed by atoms with Gasteiger partial charge in [0, 0.05) is 18.7 Å². The number of nitrogens with zero attached hydrogens (tertiary/aromatic N) is 1. The molecule has 1 aliphatic carbocycles. The quantitative estimate of drug-likeness (QED) is 0.930. The lowest BCUT2D eigenvalue weighted by Crippen LogP contribution is -2.40. The smallest absolute Gasteiger partial charge is 0.306 e. The van der Waals surface area contributed by atoms with E-state index in [1.165, 1.54) is 5.56 Å². The van der Waals surface area contributed by atoms with Crippen molar-refractivity contribution < 1.29 is 19.4 Å². The van der Waals surface area contributed by atoms with Crippen molar-refractivity contribution in [2.24, 2.45) is 5.92 Å². The van der Waals surface area contributed by atoms with Gasteiger partial charge in [0.15, 0.2) is 0 Å². The minimum atomic E-state index is -0.671. The van der Waals surface area contributed by atoms with Crippen LogP contribution in [0.4, 0.5) is 0 Å². The van der Waals surface area contributed by atoms with Gasteiger partial charge in [-0.05, 0) is 49.3 Å². The summed E-state index contributed by atoms with van der Waals surface area (Å²) in [7, 11) is 0. The molecule has 1 aliphatic heterocycles. The number of ether oxygens (including phenoxy) is 1. The largest absolute Gasteiger partial charge is 0.481 e. The maximum atomic E-state index is 12.4. The first-order valence-corrected chi connectivity index (χ1v) is 8.35. The molecule has 0 radical (unpaired) electrons. The Balaban J connectivity index is 1.61. The Hall–Kier alpha value is -1.88. The van der Waals surface area contributed by atoms with Crippen molar-refractivity contribution in [3.63, 3.8) is 0 Å². The molecule has 3 rings (SSSR count). The number of amides is 1. The van der Waals surface area contributed by atoms with Crippen molar-refractivity contribution >= 4 is 11.9 Å². The second kappa shape index (κ2) is 7.13. The summed E-state index contributed by atoms with van der Waals surface area (Å²) in [5.74, 6) is -0.379. The third-order valence-corrected chi connectivity index (χ3v) is 5.00. The minimum absolute atomic E-state index is 0.0643. The summed E-state index contributed by atoms with van der Waals surface area (Å²) in [5.41, 5.74) is 1.93. The molecule has 5 nitrogen and oxygen atoms in total. The topological polar surface area (TPSA) is 66.8 Å². The molecule has 0 bridgehead atoms. The molecule has 1 N–H and O–H groups in total. The molecule has 2 fully saturated rings. The maximum absolute atomic E-state index is 12.4. The lowest BCUT2D eigenvalue weighted by atomic mass is 9.78. The van der Waals surface area contributed by atoms with Crippen molar-refractivity contribution in [2.75, 3.05) is 26.3 Å². The summed E-state index contributed by atoms with van der Waals surface area (Å²) >= 11 is 0. The van der Waals surface area contributed by atoms with Gasteiger partial charge in [0.25, 0.3) is 5.91 Å². The summed E-state index contributed by atoms with van der Waals surface area (Å²) in [5, 5.41) is 9.07. The van der Waals surface area contributed by atoms with Gasteiger partial charge in [-0.2, -0.15) is 0 Å². The molecule has 1 aromatic carbocycles. The number of carbonyl (C=O) groups is 2. The summed E-state index contributed by atoms with van der Waals surface area (Å²) in [6.45, 7) is 2.52. The Morgan fingerprint density at radius 2 is 1.61 bits per heavy atom. The van der Waals surface area contributed by atoms with E-state index < -0.39 is 5.97 Å². The molecule has 1 amide bonds. The molecule has 0 spiro atoms. The molecule has 1 heterocycles. The van der Waals surface area contributed by atoms with E-state index >= 15 is 0 Å². The zero-order chi connectivity index (χ0) is 16.2. The molecular weight excluding hydrogens is 294 g/mol. The Labute approximate surface area is 136 Å². The standard InChI is InChI=1S/C18H23NO4/c20-17(19-9-11-23-12-10-19)15-5-1-13(2-6-15)14-3-7-16(8-4-14)18(21)22/h1-2,5-6,14,16H,3-4,7-12H2,(H,21,22). The van der Waals surface area contributed by atoms with Gasteiger partial charge in [-0.25, -0.2) is 0 Å². The normalized spacial score (nSPS) is 25.1. The lowest BCUT2D eigenvalue weighted by molar-refractivity contribution is -0.142. The van der Waals surface area contributed by atoms with Gasteiger partial charge < -0.3 is 14.7 Å². The number of carbonyl (C=O) groups excluding carboxylic acids is 1. The van der Waals surface area contributed by atoms with Crippen molar-refractivity contribution in [3.8, 4) is 0 Å². The van der Waals surface area contributed by atoms with Crippen LogP contribution in [0.3, 0.4) is 0 Å². The van der Waals surface area contributed by atoms with E-state index in [-0.39, 0.29) is 11.8 Å². The highest BCUT2D eigenvalue weighted by Crippen LogP contribution is 2.35. The molecule has 0 aromatic heterocycles. The lowest BCUT2D eigenvalue weighted by Gasteiger charge is -2.28. The Bertz CT molecular complexity index is 555. The van der Waals surface area contributed by atoms with E-state index in [4.69, 9.17) is 9.84 Å². The molecule has 1 saturated heterocycles. The number of rotatable bonds is 3. The summed E-state index contributed by atoms with van der Waals surface area (Å²) < 4.78 is 5.27. The Morgan fingerprint density at radius 1 is 1.00 bits per heavy atom. The fraction of sp³-hybridized carbons (Fsp3) is 0.556. The van der Waals surface area contributed by atoms with Crippen LogP contribution in [0, 0.1) is 5.92 Å². The molecule has 2 aliphatic rings. The van der Waals surface area contributed by atoms with E-state index in [0.29, 0.717) is 32.2 Å². The van der Waals surface area contributed by atoms with E-state index in [1.54, 1.807) is 0 Å². The zero-order valence-corrected chi connectivity index (χ0v) is 13.2. The van der Waals surface area contributed by atoms with Gasteiger partial charge in [-0.1, -0.05) is 12.1 Å². The van der Waals surface area contributed by atoms with Crippen LogP contribution in [0.5, 0.6) is 0 Å². The number of aliphatic carboxylic acids is 1. The minimum Gasteiger partial charge on any atom is -0.481 e. The molecule has 23 heavy (non-hydrogen) atoms. The Morgan fingerprint density at radius 3 is 2.17 bits per heavy atom. The highest BCUT2D eigenvalue weighted by atomic mass is 16.5. The van der Waals surface area contributed by atoms with Crippen LogP contribution in [-0.4, -0.2) is 48.2 Å². The average Bonchev–Trinajstić information content (AvgIpc) is 2.62. The summed E-state index contributed by atoms with van der Waals surface area (Å²) in [6, 6.07) is 7.85. The molecule has 1 aromatic rings. The highest BCUT2D eigenvalue weighted by molar-refractivity contribution is 5.94. The predicted molar refractivity (Wildman–Crippen MR) is 85.5 cm³/mol. The van der Waals surface area contributed by atoms with Crippen LogP contribution in [0.2, 0.25) is 0 Å². The van der Waals surface area contributed by atoms with Crippen LogP contribution in [0.25, 0.3) is 0 Å². The monoisotopic (exact) mass is 317 g/mol. The van der Waals surface area contributed by atoms with Crippen LogP contribution >= 0.6 is 0 Å². The fourth-order valence-corrected chi connectivity index (χ4v) is 3.52. The summed E-state index contributed by atoms with van der Waals surface area (Å²) in [6.07, 6.45) is 3.31. The maximum Gasteiger partial charge on any atom is 0.306 e. The van der Waals surface area contributed by atoms with E-state index in [2.05, 4.69) is 0 Å². The van der Waals surface area contributed by atoms with Gasteiger partial charge in [0.1, 0.15) is 0 Å². The molecule has 5 heteroatoms. The second-order valence-electron chi connectivity index (χ2n) is 6.41. The predicted octanol–water partition coefficient (Wildman–Crippen LogP) is 2.52. The second-order valence-corrected chi connectivity index (χ2v) is 6.41. The highest BCUT2D eigenvalue weighted by Gasteiger charge is 2.27. The van der Waals surface area contributed by atoms with Gasteiger partial charge in [0.05, 0.1) is 19.1 Å². The van der Waals surface area contributed by atoms with Gasteiger partial charge >= 0.3 is 5.97 Å². The number of carboxylic acid groups (broad SMARTS) is 1. The fourth-order valence-electron chi connectivity index (χ4n) is 3.52. The first-order chi connectivity index (χ1) is 11.1. The molecule has 0 unspecified atom stereocenters. The number of carboxylic acids is 1. The van der Waals surface area contributed by atoms with Crippen molar-refractivity contribution in [2.45, 2.75) is 31.6 Å². The van der Waals surface area contributed by atoms with Crippen LogP contribution in [0.15, 0.2) is 24.3 Å². The molecule has 0 atom stereocenters. The number of morpholine rings is 1. The van der Waals surface area contributed by atoms with Crippen molar-refractivity contribution in [1.29, 1.82) is 0 Å². The van der Waals surface area contributed by atoms with E-state index in [0.717, 1.165) is 31.2 Å². The van der Waals surface area contributed by atoms with Crippen molar-refractivity contribution in [1.82, 2.24) is 4.90 Å². The third kappa shape index (κ3) is 3.72. The van der Waals surface area contributed by atoms with Crippen LogP contribution < -0.4 is 0 Å². The number of hydrogen-bond donors (Lipinski definition) is 1. The Kier molecular flexibility index (Phi) is 4.96. The van der Waals surface area contributed by atoms with Gasteiger partial charge in [-0.15, -0.1) is 0 Å². The van der Waals surface area contributed by atoms with Gasteiger partial charge in [0.2, 0.25) is 0 Å². The molecule has 1 saturated carbocycles. The SMILES string of the molecule is O=C(O)C1CCC(c2ccc(C(=O)N3CCOCC3)cc2)CC1. The van der Waals surface area contributed by atoms with Crippen LogP contribution in [-0.2, 0) is 9.53 Å². The van der Waals surface area contributed by atoms with Crippen LogP contribution in [0.1, 0.15) is 47.5 Å². The van der Waals surface area contributed by atoms with Gasteiger partial charge in [-0.3, -0.25) is 9.59 Å². The first-order valence-electron chi connectivity index (χ1n) is 8.35. The van der Waals surface area contributed by atoms with Crippen molar-refractivity contribution in [3.05, 3.63) is 35.4 Å². The first kappa shape index (κ1) is 16.0.